The molecule has 0 saturated heterocycles. The number of unbranched alkanes of at least 4 members (excludes halogenated alkanes) is 1. The van der Waals surface area contributed by atoms with Crippen molar-refractivity contribution < 1.29 is 4.39 Å². The summed E-state index contributed by atoms with van der Waals surface area (Å²) in [6.45, 7) is 4.00. The van der Waals surface area contributed by atoms with Crippen LogP contribution in [0.15, 0.2) is 77.9 Å². The largest absolute Gasteiger partial charge is 0.207 e. The highest BCUT2D eigenvalue weighted by atomic mass is 19.1. The number of hydrogen-bond donors (Lipinski definition) is 0. The average Bonchev–Trinajstić information content (AvgIpc) is 3.20. The summed E-state index contributed by atoms with van der Waals surface area (Å²) >= 11 is 0. The van der Waals surface area contributed by atoms with Crippen molar-refractivity contribution in [3.05, 3.63) is 106 Å². The lowest BCUT2D eigenvalue weighted by Gasteiger charge is -2.16. The zero-order chi connectivity index (χ0) is 21.6. The van der Waals surface area contributed by atoms with Crippen LogP contribution in [0.1, 0.15) is 54.9 Å². The molecule has 4 rings (SSSR count). The lowest BCUT2D eigenvalue weighted by atomic mass is 9.88. The Kier molecular flexibility index (Phi) is 6.54. The third-order valence-electron chi connectivity index (χ3n) is 5.91. The number of rotatable bonds is 3. The van der Waals surface area contributed by atoms with E-state index in [4.69, 9.17) is 0 Å². The monoisotopic (exact) mass is 406 g/mol. The molecule has 0 saturated carbocycles. The molecule has 0 amide bonds. The smallest absolute Gasteiger partial charge is 0.126 e. The highest BCUT2D eigenvalue weighted by Crippen LogP contribution is 2.38. The Labute approximate surface area is 185 Å². The van der Waals surface area contributed by atoms with Crippen LogP contribution in [0.3, 0.4) is 0 Å². The fraction of sp³-hybridized carbons (Fsp3) is 0.267. The first-order valence-electron chi connectivity index (χ1n) is 11.1. The van der Waals surface area contributed by atoms with E-state index in [2.05, 4.69) is 54.9 Å². The first kappa shape index (κ1) is 21.0. The lowest BCUT2D eigenvalue weighted by Crippen LogP contribution is -2.06. The molecule has 31 heavy (non-hydrogen) atoms. The SMILES string of the molecule is CCCCC1=CC2C=C(C#Cc3ccc(C#Cc4ccc(F)c(C)c4)cc3)C=CC2C1. The fourth-order valence-corrected chi connectivity index (χ4v) is 4.08. The maximum Gasteiger partial charge on any atom is 0.126 e. The van der Waals surface area contributed by atoms with Crippen molar-refractivity contribution in [3.63, 3.8) is 0 Å². The molecule has 0 fully saturated rings. The van der Waals surface area contributed by atoms with Crippen LogP contribution >= 0.6 is 0 Å². The van der Waals surface area contributed by atoms with E-state index in [9.17, 15) is 4.39 Å². The van der Waals surface area contributed by atoms with Crippen molar-refractivity contribution in [3.8, 4) is 23.7 Å². The Morgan fingerprint density at radius 2 is 1.58 bits per heavy atom. The molecular weight excluding hydrogens is 379 g/mol. The van der Waals surface area contributed by atoms with Gasteiger partial charge in [0.05, 0.1) is 0 Å². The van der Waals surface area contributed by atoms with Gasteiger partial charge in [0.1, 0.15) is 5.82 Å². The van der Waals surface area contributed by atoms with Crippen LogP contribution in [0.2, 0.25) is 0 Å². The number of aryl methyl sites for hydroxylation is 1. The summed E-state index contributed by atoms with van der Waals surface area (Å²) < 4.78 is 13.4. The molecular formula is C30H27F. The van der Waals surface area contributed by atoms with Crippen LogP contribution in [0.5, 0.6) is 0 Å². The van der Waals surface area contributed by atoms with Crippen LogP contribution in [0, 0.1) is 48.3 Å². The molecule has 2 aliphatic carbocycles. The zero-order valence-corrected chi connectivity index (χ0v) is 18.2. The molecule has 0 aromatic heterocycles. The molecule has 0 radical (unpaired) electrons. The van der Waals surface area contributed by atoms with Gasteiger partial charge in [-0.2, -0.15) is 0 Å². The molecule has 0 heterocycles. The van der Waals surface area contributed by atoms with E-state index < -0.39 is 0 Å². The minimum atomic E-state index is -0.201. The molecule has 154 valence electrons. The molecule has 2 aliphatic rings. The maximum atomic E-state index is 13.4. The van der Waals surface area contributed by atoms with Gasteiger partial charge in [-0.3, -0.25) is 0 Å². The predicted octanol–water partition coefficient (Wildman–Crippen LogP) is 7.13. The number of hydrogen-bond acceptors (Lipinski definition) is 0. The Balaban J connectivity index is 1.41. The van der Waals surface area contributed by atoms with Gasteiger partial charge < -0.3 is 0 Å². The van der Waals surface area contributed by atoms with E-state index in [-0.39, 0.29) is 5.82 Å². The molecule has 0 N–H and O–H groups in total. The van der Waals surface area contributed by atoms with E-state index in [0.29, 0.717) is 17.4 Å². The number of benzene rings is 2. The summed E-state index contributed by atoms with van der Waals surface area (Å²) in [5.41, 5.74) is 6.04. The van der Waals surface area contributed by atoms with Gasteiger partial charge in [-0.1, -0.05) is 66.9 Å². The van der Waals surface area contributed by atoms with Crippen LogP contribution in [-0.4, -0.2) is 0 Å². The summed E-state index contributed by atoms with van der Waals surface area (Å²) in [6.07, 6.45) is 14.3. The van der Waals surface area contributed by atoms with Crippen molar-refractivity contribution in [1.82, 2.24) is 0 Å². The second-order valence-corrected chi connectivity index (χ2v) is 8.40. The van der Waals surface area contributed by atoms with Crippen molar-refractivity contribution in [2.45, 2.75) is 39.5 Å². The lowest BCUT2D eigenvalue weighted by molar-refractivity contribution is 0.582. The Hall–Kier alpha value is -3.29. The molecule has 2 aromatic carbocycles. The molecule has 2 atom stereocenters. The van der Waals surface area contributed by atoms with E-state index in [0.717, 1.165) is 22.3 Å². The van der Waals surface area contributed by atoms with Crippen LogP contribution in [0.25, 0.3) is 0 Å². The van der Waals surface area contributed by atoms with Gasteiger partial charge in [-0.15, -0.1) is 0 Å². The van der Waals surface area contributed by atoms with Crippen molar-refractivity contribution in [1.29, 1.82) is 0 Å². The molecule has 0 spiro atoms. The first-order valence-corrected chi connectivity index (χ1v) is 11.1. The minimum absolute atomic E-state index is 0.201. The molecule has 0 bridgehead atoms. The Bertz CT molecular complexity index is 1170. The second-order valence-electron chi connectivity index (χ2n) is 8.40. The normalized spacial score (nSPS) is 18.8. The standard InChI is InChI=1S/C30H27F/c1-3-4-5-27-20-28-16-14-26(19-29(28)21-27)13-11-24-8-6-23(7-9-24)10-12-25-15-17-30(31)22(2)18-25/h6-9,14-19,21,28-29H,3-5,20H2,1-2H3. The van der Waals surface area contributed by atoms with Gasteiger partial charge in [0.15, 0.2) is 0 Å². The van der Waals surface area contributed by atoms with E-state index >= 15 is 0 Å². The van der Waals surface area contributed by atoms with Crippen LogP contribution < -0.4 is 0 Å². The highest BCUT2D eigenvalue weighted by Gasteiger charge is 2.25. The van der Waals surface area contributed by atoms with Crippen LogP contribution in [-0.2, 0) is 0 Å². The fourth-order valence-electron chi connectivity index (χ4n) is 4.08. The summed E-state index contributed by atoms with van der Waals surface area (Å²) in [5.74, 6) is 13.8. The van der Waals surface area contributed by atoms with Crippen LogP contribution in [0.4, 0.5) is 4.39 Å². The second kappa shape index (κ2) is 9.68. The van der Waals surface area contributed by atoms with E-state index in [1.165, 1.54) is 31.7 Å². The Morgan fingerprint density at radius 1 is 0.903 bits per heavy atom. The number of allylic oxidation sites excluding steroid dienone is 6. The highest BCUT2D eigenvalue weighted by molar-refractivity contribution is 5.50. The average molecular weight is 407 g/mol. The third kappa shape index (κ3) is 5.45. The van der Waals surface area contributed by atoms with Crippen molar-refractivity contribution >= 4 is 0 Å². The Morgan fingerprint density at radius 3 is 2.29 bits per heavy atom. The third-order valence-corrected chi connectivity index (χ3v) is 5.91. The van der Waals surface area contributed by atoms with Gasteiger partial charge in [0.2, 0.25) is 0 Å². The van der Waals surface area contributed by atoms with E-state index in [1.54, 1.807) is 24.6 Å². The quantitative estimate of drug-likeness (QED) is 0.375. The van der Waals surface area contributed by atoms with Gasteiger partial charge >= 0.3 is 0 Å². The molecule has 2 aromatic rings. The molecule has 2 unspecified atom stereocenters. The summed E-state index contributed by atoms with van der Waals surface area (Å²) in [7, 11) is 0. The number of halogens is 1. The van der Waals surface area contributed by atoms with Gasteiger partial charge in [0, 0.05) is 28.2 Å². The molecule has 1 heteroatoms. The summed E-state index contributed by atoms with van der Waals surface area (Å²) in [5, 5.41) is 0. The zero-order valence-electron chi connectivity index (χ0n) is 18.2. The van der Waals surface area contributed by atoms with Crippen molar-refractivity contribution in [2.24, 2.45) is 11.8 Å². The van der Waals surface area contributed by atoms with Gasteiger partial charge in [-0.25, -0.2) is 4.39 Å². The molecule has 0 aliphatic heterocycles. The van der Waals surface area contributed by atoms with Crippen molar-refractivity contribution in [2.75, 3.05) is 0 Å². The molecule has 0 nitrogen and oxygen atoms in total. The summed E-state index contributed by atoms with van der Waals surface area (Å²) in [4.78, 5) is 0. The first-order chi connectivity index (χ1) is 15.1. The van der Waals surface area contributed by atoms with E-state index in [1.807, 2.05) is 24.3 Å². The topological polar surface area (TPSA) is 0 Å². The maximum absolute atomic E-state index is 13.4. The van der Waals surface area contributed by atoms with Gasteiger partial charge in [-0.05, 0) is 80.1 Å². The van der Waals surface area contributed by atoms with Gasteiger partial charge in [0.25, 0.3) is 0 Å². The summed E-state index contributed by atoms with van der Waals surface area (Å²) in [6, 6.07) is 12.9. The minimum Gasteiger partial charge on any atom is -0.207 e. The number of fused-ring (bicyclic) bond motifs is 1. The predicted molar refractivity (Wildman–Crippen MR) is 127 cm³/mol.